The van der Waals surface area contributed by atoms with E-state index in [-0.39, 0.29) is 24.0 Å². The van der Waals surface area contributed by atoms with Crippen molar-refractivity contribution in [2.75, 3.05) is 26.2 Å². The summed E-state index contributed by atoms with van der Waals surface area (Å²) < 4.78 is 2.08. The Balaban J connectivity index is 1.15. The van der Waals surface area contributed by atoms with Gasteiger partial charge in [0.1, 0.15) is 5.82 Å². The van der Waals surface area contributed by atoms with E-state index in [0.717, 1.165) is 56.1 Å². The second-order valence-corrected chi connectivity index (χ2v) is 8.27. The van der Waals surface area contributed by atoms with Gasteiger partial charge in [0.15, 0.2) is 5.82 Å². The Kier molecular flexibility index (Phi) is 5.12. The highest BCUT2D eigenvalue weighted by molar-refractivity contribution is 5.94. The first-order valence-electron chi connectivity index (χ1n) is 10.7. The zero-order valence-electron chi connectivity index (χ0n) is 17.0. The topological polar surface area (TPSA) is 95.4 Å². The van der Waals surface area contributed by atoms with Crippen LogP contribution in [0, 0.1) is 0 Å². The van der Waals surface area contributed by atoms with E-state index in [4.69, 9.17) is 0 Å². The van der Waals surface area contributed by atoms with Gasteiger partial charge in [-0.3, -0.25) is 9.69 Å². The molecule has 1 aromatic heterocycles. The monoisotopic (exact) mass is 409 g/mol. The van der Waals surface area contributed by atoms with Gasteiger partial charge in [-0.2, -0.15) is 0 Å². The molecule has 3 aliphatic heterocycles. The zero-order valence-corrected chi connectivity index (χ0v) is 17.0. The Morgan fingerprint density at radius 1 is 1.07 bits per heavy atom. The van der Waals surface area contributed by atoms with Crippen molar-refractivity contribution < 1.29 is 9.59 Å². The van der Waals surface area contributed by atoms with Gasteiger partial charge >= 0.3 is 6.03 Å². The number of aryl methyl sites for hydroxylation is 1. The van der Waals surface area contributed by atoms with Crippen molar-refractivity contribution in [3.63, 3.8) is 0 Å². The SMILES string of the molecule is O=C(NCc1nnc2n1CCC2)NCC1CN(C(=O)c2ccccc2)C2CCN1C2. The standard InChI is InChI=1S/C21H27N7O2/c29-20(15-5-2-1-3-6-15)28-14-17(26-10-8-16(28)13-26)11-22-21(30)23-12-19-25-24-18-7-4-9-27(18)19/h1-3,5-6,16-17H,4,7-14H2,(H2,22,23,30). The average Bonchev–Trinajstić information content (AvgIpc) is 3.49. The summed E-state index contributed by atoms with van der Waals surface area (Å²) in [6, 6.07) is 9.61. The first kappa shape index (κ1) is 19.0. The number of amides is 3. The third-order valence-electron chi connectivity index (χ3n) is 6.43. The smallest absolute Gasteiger partial charge is 0.315 e. The molecule has 3 amide bonds. The molecular formula is C21H27N7O2. The largest absolute Gasteiger partial charge is 0.337 e. The van der Waals surface area contributed by atoms with Crippen molar-refractivity contribution in [2.24, 2.45) is 0 Å². The van der Waals surface area contributed by atoms with Gasteiger partial charge in [-0.25, -0.2) is 4.79 Å². The van der Waals surface area contributed by atoms with Crippen LogP contribution in [0.1, 0.15) is 34.8 Å². The molecule has 2 N–H and O–H groups in total. The summed E-state index contributed by atoms with van der Waals surface area (Å²) in [5, 5.41) is 14.2. The van der Waals surface area contributed by atoms with E-state index in [1.54, 1.807) is 0 Å². The van der Waals surface area contributed by atoms with Gasteiger partial charge < -0.3 is 20.1 Å². The molecule has 9 nitrogen and oxygen atoms in total. The van der Waals surface area contributed by atoms with Crippen molar-refractivity contribution in [1.82, 2.24) is 35.2 Å². The fourth-order valence-corrected chi connectivity index (χ4v) is 4.81. The normalized spacial score (nSPS) is 24.5. The lowest BCUT2D eigenvalue weighted by Gasteiger charge is -2.40. The van der Waals surface area contributed by atoms with Crippen molar-refractivity contribution in [3.8, 4) is 0 Å². The van der Waals surface area contributed by atoms with E-state index in [2.05, 4.69) is 30.3 Å². The lowest BCUT2D eigenvalue weighted by atomic mass is 10.1. The third-order valence-corrected chi connectivity index (χ3v) is 6.43. The Hall–Kier alpha value is -2.94. The van der Waals surface area contributed by atoms with Gasteiger partial charge in [-0.1, -0.05) is 18.2 Å². The minimum absolute atomic E-state index is 0.0808. The number of urea groups is 1. The van der Waals surface area contributed by atoms with Crippen LogP contribution in [-0.4, -0.2) is 74.8 Å². The van der Waals surface area contributed by atoms with Crippen LogP contribution in [0.5, 0.6) is 0 Å². The van der Waals surface area contributed by atoms with E-state index < -0.39 is 0 Å². The minimum atomic E-state index is -0.215. The molecule has 9 heteroatoms. The van der Waals surface area contributed by atoms with Gasteiger partial charge in [0.05, 0.1) is 6.54 Å². The molecule has 3 unspecified atom stereocenters. The summed E-state index contributed by atoms with van der Waals surface area (Å²) in [6.45, 7) is 4.27. The van der Waals surface area contributed by atoms with Gasteiger partial charge in [-0.05, 0) is 25.0 Å². The summed E-state index contributed by atoms with van der Waals surface area (Å²) >= 11 is 0. The predicted octanol–water partition coefficient (Wildman–Crippen LogP) is 0.622. The summed E-state index contributed by atoms with van der Waals surface area (Å²) in [7, 11) is 0. The van der Waals surface area contributed by atoms with E-state index in [9.17, 15) is 9.59 Å². The maximum atomic E-state index is 13.0. The average molecular weight is 409 g/mol. The van der Waals surface area contributed by atoms with Crippen LogP contribution < -0.4 is 10.6 Å². The van der Waals surface area contributed by atoms with Crippen LogP contribution in [0.25, 0.3) is 0 Å². The number of fused-ring (bicyclic) bond motifs is 3. The number of aromatic nitrogens is 3. The van der Waals surface area contributed by atoms with Gasteiger partial charge in [0.2, 0.25) is 0 Å². The fraction of sp³-hybridized carbons (Fsp3) is 0.524. The number of hydrogen-bond donors (Lipinski definition) is 2. The molecule has 0 saturated carbocycles. The first-order chi connectivity index (χ1) is 14.7. The molecule has 158 valence electrons. The Labute approximate surface area is 175 Å². The number of hydrogen-bond acceptors (Lipinski definition) is 5. The van der Waals surface area contributed by atoms with Crippen molar-refractivity contribution in [1.29, 1.82) is 0 Å². The predicted molar refractivity (Wildman–Crippen MR) is 110 cm³/mol. The maximum absolute atomic E-state index is 13.0. The third kappa shape index (κ3) is 3.65. The van der Waals surface area contributed by atoms with Crippen molar-refractivity contribution >= 4 is 11.9 Å². The van der Waals surface area contributed by atoms with E-state index in [1.807, 2.05) is 35.2 Å². The molecule has 3 atom stereocenters. The quantitative estimate of drug-likeness (QED) is 0.755. The molecule has 3 aliphatic rings. The first-order valence-corrected chi connectivity index (χ1v) is 10.7. The molecule has 0 aliphatic carbocycles. The molecule has 2 bridgehead atoms. The van der Waals surface area contributed by atoms with Crippen LogP contribution in [-0.2, 0) is 19.5 Å². The molecule has 5 rings (SSSR count). The van der Waals surface area contributed by atoms with Crippen LogP contribution in [0.2, 0.25) is 0 Å². The second-order valence-electron chi connectivity index (χ2n) is 8.27. The Morgan fingerprint density at radius 3 is 2.80 bits per heavy atom. The molecule has 2 saturated heterocycles. The van der Waals surface area contributed by atoms with Gasteiger partial charge in [0.25, 0.3) is 5.91 Å². The molecular weight excluding hydrogens is 382 g/mol. The summed E-state index contributed by atoms with van der Waals surface area (Å²) in [5.41, 5.74) is 0.725. The molecule has 1 aromatic carbocycles. The number of nitrogens with zero attached hydrogens (tertiary/aromatic N) is 5. The van der Waals surface area contributed by atoms with Gasteiger partial charge in [0, 0.05) is 56.8 Å². The molecule has 30 heavy (non-hydrogen) atoms. The molecule has 4 heterocycles. The van der Waals surface area contributed by atoms with Crippen LogP contribution in [0.15, 0.2) is 30.3 Å². The highest BCUT2D eigenvalue weighted by atomic mass is 16.2. The molecule has 0 radical (unpaired) electrons. The lowest BCUT2D eigenvalue weighted by Crippen LogP contribution is -2.58. The number of piperazine rings is 1. The number of rotatable bonds is 5. The summed E-state index contributed by atoms with van der Waals surface area (Å²) in [5.74, 6) is 1.88. The zero-order chi connectivity index (χ0) is 20.5. The number of nitrogens with one attached hydrogen (secondary N) is 2. The summed E-state index contributed by atoms with van der Waals surface area (Å²) in [4.78, 5) is 29.7. The van der Waals surface area contributed by atoms with E-state index in [1.165, 1.54) is 0 Å². The molecule has 2 aromatic rings. The van der Waals surface area contributed by atoms with Crippen molar-refractivity contribution in [2.45, 2.75) is 44.4 Å². The maximum Gasteiger partial charge on any atom is 0.315 e. The van der Waals surface area contributed by atoms with Crippen LogP contribution >= 0.6 is 0 Å². The summed E-state index contributed by atoms with van der Waals surface area (Å²) in [6.07, 6.45) is 3.02. The van der Waals surface area contributed by atoms with Crippen LogP contribution in [0.4, 0.5) is 4.79 Å². The molecule has 2 fully saturated rings. The number of benzene rings is 1. The molecule has 0 spiro atoms. The van der Waals surface area contributed by atoms with Crippen LogP contribution in [0.3, 0.4) is 0 Å². The number of carbonyl (C=O) groups is 2. The lowest BCUT2D eigenvalue weighted by molar-refractivity contribution is 0.0499. The highest BCUT2D eigenvalue weighted by Crippen LogP contribution is 2.26. The van der Waals surface area contributed by atoms with Crippen molar-refractivity contribution in [3.05, 3.63) is 47.5 Å². The highest BCUT2D eigenvalue weighted by Gasteiger charge is 2.40. The minimum Gasteiger partial charge on any atom is -0.337 e. The Morgan fingerprint density at radius 2 is 1.93 bits per heavy atom. The second kappa shape index (κ2) is 8.06. The van der Waals surface area contributed by atoms with Gasteiger partial charge in [-0.15, -0.1) is 10.2 Å². The number of carbonyl (C=O) groups excluding carboxylic acids is 2. The fourth-order valence-electron chi connectivity index (χ4n) is 4.81. The van der Waals surface area contributed by atoms with E-state index in [0.29, 0.717) is 19.6 Å². The van der Waals surface area contributed by atoms with E-state index >= 15 is 0 Å². The Bertz CT molecular complexity index is 929.